The van der Waals surface area contributed by atoms with Gasteiger partial charge in [-0.3, -0.25) is 4.79 Å². The van der Waals surface area contributed by atoms with Gasteiger partial charge in [-0.25, -0.2) is 4.98 Å². The van der Waals surface area contributed by atoms with Crippen molar-refractivity contribution in [3.05, 3.63) is 53.5 Å². The molecule has 1 aromatic carbocycles. The normalized spacial score (nSPS) is 11.2. The number of carbonyl (C=O) groups excluding carboxylic acids is 1. The van der Waals surface area contributed by atoms with Gasteiger partial charge in [-0.05, 0) is 17.0 Å². The van der Waals surface area contributed by atoms with Gasteiger partial charge in [0, 0.05) is 47.6 Å². The Hall–Kier alpha value is -2.66. The zero-order valence-corrected chi connectivity index (χ0v) is 13.8. The van der Waals surface area contributed by atoms with Crippen molar-refractivity contribution in [3.63, 3.8) is 0 Å². The van der Waals surface area contributed by atoms with E-state index in [0.29, 0.717) is 5.82 Å². The second-order valence-electron chi connectivity index (χ2n) is 5.38. The van der Waals surface area contributed by atoms with Crippen LogP contribution in [0, 0.1) is 0 Å². The largest absolute Gasteiger partial charge is 0.383 e. The second-order valence-corrected chi connectivity index (χ2v) is 6.26. The Morgan fingerprint density at radius 1 is 1.26 bits per heavy atom. The standard InChI is InChI=1S/C18H17N3OS/c1-21(2)15(22)9-8-13-10-20-18(19)16-14(11-23-17(13)16)12-6-4-3-5-7-12/h3-11H,1-2H3,(H2,19,20). The van der Waals surface area contributed by atoms with Crippen LogP contribution in [0.2, 0.25) is 0 Å². The van der Waals surface area contributed by atoms with Crippen LogP contribution in [0.4, 0.5) is 5.82 Å². The number of likely N-dealkylation sites (N-methyl/N-ethyl adjacent to an activating group) is 1. The van der Waals surface area contributed by atoms with E-state index in [1.807, 2.05) is 18.2 Å². The highest BCUT2D eigenvalue weighted by Crippen LogP contribution is 2.38. The number of nitrogens with two attached hydrogens (primary N) is 1. The van der Waals surface area contributed by atoms with Crippen molar-refractivity contribution in [2.75, 3.05) is 19.8 Å². The fourth-order valence-electron chi connectivity index (χ4n) is 2.35. The molecule has 0 aliphatic heterocycles. The number of thiophene rings is 1. The van der Waals surface area contributed by atoms with Gasteiger partial charge in [0.15, 0.2) is 0 Å². The van der Waals surface area contributed by atoms with E-state index in [1.54, 1.807) is 43.8 Å². The second kappa shape index (κ2) is 6.22. The molecule has 2 aromatic heterocycles. The van der Waals surface area contributed by atoms with E-state index in [4.69, 9.17) is 5.73 Å². The molecule has 0 fully saturated rings. The van der Waals surface area contributed by atoms with Gasteiger partial charge in [0.25, 0.3) is 0 Å². The van der Waals surface area contributed by atoms with Gasteiger partial charge in [0.2, 0.25) is 5.91 Å². The summed E-state index contributed by atoms with van der Waals surface area (Å²) in [6.07, 6.45) is 5.05. The summed E-state index contributed by atoms with van der Waals surface area (Å²) in [6, 6.07) is 10.1. The van der Waals surface area contributed by atoms with Gasteiger partial charge in [0.1, 0.15) is 5.82 Å². The van der Waals surface area contributed by atoms with Gasteiger partial charge < -0.3 is 10.6 Å². The third kappa shape index (κ3) is 2.96. The third-order valence-corrected chi connectivity index (χ3v) is 4.61. The lowest BCUT2D eigenvalue weighted by atomic mass is 10.0. The van der Waals surface area contributed by atoms with Crippen LogP contribution in [0.3, 0.4) is 0 Å². The van der Waals surface area contributed by atoms with Crippen LogP contribution in [0.5, 0.6) is 0 Å². The van der Waals surface area contributed by atoms with Gasteiger partial charge in [-0.15, -0.1) is 11.3 Å². The first kappa shape index (κ1) is 15.2. The van der Waals surface area contributed by atoms with Crippen LogP contribution in [-0.2, 0) is 4.79 Å². The minimum absolute atomic E-state index is 0.0604. The van der Waals surface area contributed by atoms with Gasteiger partial charge in [0.05, 0.1) is 0 Å². The Kier molecular flexibility index (Phi) is 4.12. The first-order valence-electron chi connectivity index (χ1n) is 7.18. The molecule has 0 atom stereocenters. The molecule has 0 aliphatic rings. The predicted octanol–water partition coefficient (Wildman–Crippen LogP) is 3.65. The maximum Gasteiger partial charge on any atom is 0.246 e. The highest BCUT2D eigenvalue weighted by Gasteiger charge is 2.13. The monoisotopic (exact) mass is 323 g/mol. The molecule has 2 heterocycles. The van der Waals surface area contributed by atoms with Crippen LogP contribution in [-0.4, -0.2) is 29.9 Å². The SMILES string of the molecule is CN(C)C(=O)C=Cc1cnc(N)c2c(-c3ccccc3)csc12. The average Bonchev–Trinajstić information content (AvgIpc) is 3.00. The molecule has 0 bridgehead atoms. The third-order valence-electron chi connectivity index (χ3n) is 3.58. The van der Waals surface area contributed by atoms with Gasteiger partial charge in [-0.2, -0.15) is 0 Å². The minimum Gasteiger partial charge on any atom is -0.383 e. The molecule has 116 valence electrons. The Morgan fingerprint density at radius 3 is 2.70 bits per heavy atom. The number of anilines is 1. The summed E-state index contributed by atoms with van der Waals surface area (Å²) in [7, 11) is 3.45. The Bertz CT molecular complexity index is 882. The van der Waals surface area contributed by atoms with Crippen LogP contribution >= 0.6 is 11.3 Å². The Balaban J connectivity index is 2.12. The summed E-state index contributed by atoms with van der Waals surface area (Å²) in [5, 5.41) is 3.03. The summed E-state index contributed by atoms with van der Waals surface area (Å²) in [6.45, 7) is 0. The number of nitrogens with zero attached hydrogens (tertiary/aromatic N) is 2. The lowest BCUT2D eigenvalue weighted by Gasteiger charge is -2.06. The van der Waals surface area contributed by atoms with Crippen molar-refractivity contribution in [1.29, 1.82) is 0 Å². The smallest absolute Gasteiger partial charge is 0.246 e. The first-order valence-corrected chi connectivity index (χ1v) is 8.06. The number of aromatic nitrogens is 1. The van der Waals surface area contributed by atoms with Crippen molar-refractivity contribution in [1.82, 2.24) is 9.88 Å². The quantitative estimate of drug-likeness (QED) is 0.749. The Labute approximate surface area is 138 Å². The maximum absolute atomic E-state index is 11.7. The zero-order chi connectivity index (χ0) is 16.4. The predicted molar refractivity (Wildman–Crippen MR) is 97.2 cm³/mol. The topological polar surface area (TPSA) is 59.2 Å². The van der Waals surface area contributed by atoms with Gasteiger partial charge >= 0.3 is 0 Å². The number of rotatable bonds is 3. The first-order chi connectivity index (χ1) is 11.1. The van der Waals surface area contributed by atoms with E-state index in [1.165, 1.54) is 4.90 Å². The molecule has 4 nitrogen and oxygen atoms in total. The summed E-state index contributed by atoms with van der Waals surface area (Å²) in [4.78, 5) is 17.6. The lowest BCUT2D eigenvalue weighted by molar-refractivity contribution is -0.123. The van der Waals surface area contributed by atoms with E-state index >= 15 is 0 Å². The molecule has 0 unspecified atom stereocenters. The molecule has 0 aliphatic carbocycles. The number of amides is 1. The number of carbonyl (C=O) groups is 1. The fraction of sp³-hybridized carbons (Fsp3) is 0.111. The van der Waals surface area contributed by atoms with Crippen molar-refractivity contribution in [2.45, 2.75) is 0 Å². The molecule has 23 heavy (non-hydrogen) atoms. The number of hydrogen-bond donors (Lipinski definition) is 1. The highest BCUT2D eigenvalue weighted by molar-refractivity contribution is 7.18. The number of benzene rings is 1. The molecule has 3 rings (SSSR count). The molecule has 2 N–H and O–H groups in total. The highest BCUT2D eigenvalue weighted by atomic mass is 32.1. The summed E-state index contributed by atoms with van der Waals surface area (Å²) < 4.78 is 1.04. The van der Waals surface area contributed by atoms with E-state index in [2.05, 4.69) is 22.5 Å². The fourth-order valence-corrected chi connectivity index (χ4v) is 3.42. The molecular formula is C18H17N3OS. The molecule has 0 radical (unpaired) electrons. The Morgan fingerprint density at radius 2 is 2.00 bits per heavy atom. The summed E-state index contributed by atoms with van der Waals surface area (Å²) in [5.41, 5.74) is 9.19. The summed E-state index contributed by atoms with van der Waals surface area (Å²) in [5.74, 6) is 0.450. The number of nitrogen functional groups attached to an aromatic ring is 1. The van der Waals surface area contributed by atoms with Crippen LogP contribution in [0.25, 0.3) is 27.3 Å². The van der Waals surface area contributed by atoms with E-state index < -0.39 is 0 Å². The van der Waals surface area contributed by atoms with Crippen molar-refractivity contribution in [2.24, 2.45) is 0 Å². The van der Waals surface area contributed by atoms with E-state index in [0.717, 1.165) is 26.8 Å². The molecule has 0 saturated heterocycles. The lowest BCUT2D eigenvalue weighted by Crippen LogP contribution is -2.18. The van der Waals surface area contributed by atoms with Crippen molar-refractivity contribution >= 4 is 39.2 Å². The number of fused-ring (bicyclic) bond motifs is 1. The molecule has 5 heteroatoms. The number of pyridine rings is 1. The molecule has 0 spiro atoms. The maximum atomic E-state index is 11.7. The van der Waals surface area contributed by atoms with Crippen LogP contribution in [0.1, 0.15) is 5.56 Å². The summed E-state index contributed by atoms with van der Waals surface area (Å²) >= 11 is 1.61. The van der Waals surface area contributed by atoms with Gasteiger partial charge in [-0.1, -0.05) is 30.3 Å². The van der Waals surface area contributed by atoms with E-state index in [-0.39, 0.29) is 5.91 Å². The van der Waals surface area contributed by atoms with E-state index in [9.17, 15) is 4.79 Å². The van der Waals surface area contributed by atoms with Crippen molar-refractivity contribution in [3.8, 4) is 11.1 Å². The van der Waals surface area contributed by atoms with Crippen molar-refractivity contribution < 1.29 is 4.79 Å². The molecule has 1 amide bonds. The molecular weight excluding hydrogens is 306 g/mol. The van der Waals surface area contributed by atoms with Crippen LogP contribution in [0.15, 0.2) is 48.0 Å². The van der Waals surface area contributed by atoms with Crippen LogP contribution < -0.4 is 5.73 Å². The molecule has 0 saturated carbocycles. The minimum atomic E-state index is -0.0604. The average molecular weight is 323 g/mol. The zero-order valence-electron chi connectivity index (χ0n) is 13.0. The molecule has 3 aromatic rings. The number of hydrogen-bond acceptors (Lipinski definition) is 4.